The highest BCUT2D eigenvalue weighted by Gasteiger charge is 2.24. The smallest absolute Gasteiger partial charge is 0.199 e. The third-order valence-electron chi connectivity index (χ3n) is 2.59. The summed E-state index contributed by atoms with van der Waals surface area (Å²) in [6.45, 7) is 1.76. The number of halogens is 1. The second-order valence-electron chi connectivity index (χ2n) is 3.64. The van der Waals surface area contributed by atoms with E-state index in [4.69, 9.17) is 26.2 Å². The molecule has 1 unspecified atom stereocenters. The third kappa shape index (κ3) is 2.59. The average Bonchev–Trinajstić information content (AvgIpc) is 2.38. The minimum absolute atomic E-state index is 0.0162. The molecule has 2 heterocycles. The number of hydrogen-bond donors (Lipinski definition) is 1. The third-order valence-corrected chi connectivity index (χ3v) is 2.86. The Balaban J connectivity index is 2.24. The van der Waals surface area contributed by atoms with Crippen LogP contribution in [0.2, 0.25) is 5.15 Å². The van der Waals surface area contributed by atoms with Crippen molar-refractivity contribution < 1.29 is 14.6 Å². The molecule has 7 heteroatoms. The summed E-state index contributed by atoms with van der Waals surface area (Å²) in [5.41, 5.74) is 0. The second kappa shape index (κ2) is 5.48. The Labute approximate surface area is 104 Å². The van der Waals surface area contributed by atoms with Crippen LogP contribution < -0.4 is 9.64 Å². The largest absolute Gasteiger partial charge is 0.490 e. The van der Waals surface area contributed by atoms with Crippen molar-refractivity contribution in [3.05, 3.63) is 11.5 Å². The number of aliphatic hydroxyl groups is 1. The fourth-order valence-corrected chi connectivity index (χ4v) is 1.97. The van der Waals surface area contributed by atoms with E-state index < -0.39 is 0 Å². The van der Waals surface area contributed by atoms with E-state index in [1.54, 1.807) is 0 Å². The summed E-state index contributed by atoms with van der Waals surface area (Å²) in [6, 6.07) is 0. The van der Waals surface area contributed by atoms with Gasteiger partial charge in [-0.25, -0.2) is 9.97 Å². The number of nitrogens with zero attached hydrogens (tertiary/aromatic N) is 3. The standard InChI is InChI=1S/C10H14ClN3O3/c1-16-8-9(11)12-6-13-10(8)14-2-3-17-7(4-14)5-15/h6-7,15H,2-5H2,1H3. The maximum absolute atomic E-state index is 9.10. The molecule has 1 aromatic rings. The summed E-state index contributed by atoms with van der Waals surface area (Å²) in [4.78, 5) is 10.0. The molecule has 1 N–H and O–H groups in total. The van der Waals surface area contributed by atoms with Crippen LogP contribution in [-0.4, -0.2) is 54.6 Å². The first kappa shape index (κ1) is 12.3. The van der Waals surface area contributed by atoms with Crippen molar-refractivity contribution in [2.75, 3.05) is 38.3 Å². The maximum Gasteiger partial charge on any atom is 0.199 e. The fraction of sp³-hybridized carbons (Fsp3) is 0.600. The molecule has 1 aliphatic heterocycles. The van der Waals surface area contributed by atoms with Gasteiger partial charge in [0.05, 0.1) is 26.4 Å². The number of aromatic nitrogens is 2. The fourth-order valence-electron chi connectivity index (χ4n) is 1.77. The Morgan fingerprint density at radius 2 is 2.47 bits per heavy atom. The number of hydrogen-bond acceptors (Lipinski definition) is 6. The van der Waals surface area contributed by atoms with Gasteiger partial charge in [0, 0.05) is 13.1 Å². The van der Waals surface area contributed by atoms with Crippen molar-refractivity contribution in [1.29, 1.82) is 0 Å². The number of rotatable bonds is 3. The van der Waals surface area contributed by atoms with Gasteiger partial charge < -0.3 is 19.5 Å². The van der Waals surface area contributed by atoms with Crippen LogP contribution in [0.3, 0.4) is 0 Å². The molecular formula is C10H14ClN3O3. The van der Waals surface area contributed by atoms with Crippen LogP contribution in [-0.2, 0) is 4.74 Å². The summed E-state index contributed by atoms with van der Waals surface area (Å²) < 4.78 is 10.6. The summed E-state index contributed by atoms with van der Waals surface area (Å²) in [6.07, 6.45) is 1.19. The molecule has 6 nitrogen and oxygen atoms in total. The number of anilines is 1. The van der Waals surface area contributed by atoms with Crippen molar-refractivity contribution in [3.63, 3.8) is 0 Å². The van der Waals surface area contributed by atoms with Crippen molar-refractivity contribution in [3.8, 4) is 5.75 Å². The normalized spacial score (nSPS) is 20.4. The Morgan fingerprint density at radius 1 is 1.65 bits per heavy atom. The molecule has 1 aromatic heterocycles. The predicted molar refractivity (Wildman–Crippen MR) is 62.6 cm³/mol. The lowest BCUT2D eigenvalue weighted by atomic mass is 10.3. The van der Waals surface area contributed by atoms with Crippen molar-refractivity contribution in [1.82, 2.24) is 9.97 Å². The number of morpholine rings is 1. The molecule has 94 valence electrons. The summed E-state index contributed by atoms with van der Waals surface area (Å²) >= 11 is 5.94. The van der Waals surface area contributed by atoms with Crippen LogP contribution in [0.1, 0.15) is 0 Å². The highest BCUT2D eigenvalue weighted by Crippen LogP contribution is 2.32. The quantitative estimate of drug-likeness (QED) is 0.790. The molecule has 0 saturated carbocycles. The Bertz CT molecular complexity index is 391. The molecular weight excluding hydrogens is 246 g/mol. The molecule has 1 atom stereocenters. The molecule has 1 saturated heterocycles. The first-order chi connectivity index (χ1) is 8.26. The van der Waals surface area contributed by atoms with Crippen LogP contribution in [0, 0.1) is 0 Å². The van der Waals surface area contributed by atoms with E-state index in [9.17, 15) is 0 Å². The molecule has 0 aromatic carbocycles. The molecule has 0 amide bonds. The van der Waals surface area contributed by atoms with E-state index in [0.717, 1.165) is 0 Å². The topological polar surface area (TPSA) is 67.7 Å². The Kier molecular flexibility index (Phi) is 3.98. The average molecular weight is 260 g/mol. The van der Waals surface area contributed by atoms with E-state index in [2.05, 4.69) is 9.97 Å². The molecule has 1 fully saturated rings. The lowest BCUT2D eigenvalue weighted by molar-refractivity contribution is 0.00324. The monoisotopic (exact) mass is 259 g/mol. The van der Waals surface area contributed by atoms with E-state index in [1.807, 2.05) is 4.90 Å². The van der Waals surface area contributed by atoms with E-state index in [-0.39, 0.29) is 17.9 Å². The number of ether oxygens (including phenoxy) is 2. The van der Waals surface area contributed by atoms with Crippen molar-refractivity contribution in [2.24, 2.45) is 0 Å². The van der Waals surface area contributed by atoms with Gasteiger partial charge in [-0.3, -0.25) is 0 Å². The molecule has 2 rings (SSSR count). The van der Waals surface area contributed by atoms with Crippen LogP contribution in [0.25, 0.3) is 0 Å². The van der Waals surface area contributed by atoms with E-state index in [1.165, 1.54) is 13.4 Å². The van der Waals surface area contributed by atoms with Crippen LogP contribution in [0.5, 0.6) is 5.75 Å². The minimum atomic E-state index is -0.206. The number of aliphatic hydroxyl groups excluding tert-OH is 1. The van der Waals surface area contributed by atoms with Crippen LogP contribution in [0.15, 0.2) is 6.33 Å². The number of methoxy groups -OCH3 is 1. The Morgan fingerprint density at radius 3 is 3.18 bits per heavy atom. The van der Waals surface area contributed by atoms with Gasteiger partial charge in [-0.15, -0.1) is 0 Å². The van der Waals surface area contributed by atoms with Gasteiger partial charge in [0.2, 0.25) is 0 Å². The lowest BCUT2D eigenvalue weighted by Gasteiger charge is -2.33. The Hall–Kier alpha value is -1.11. The molecule has 0 radical (unpaired) electrons. The molecule has 1 aliphatic rings. The van der Waals surface area contributed by atoms with Gasteiger partial charge in [0.1, 0.15) is 6.33 Å². The maximum atomic E-state index is 9.10. The van der Waals surface area contributed by atoms with Gasteiger partial charge >= 0.3 is 0 Å². The van der Waals surface area contributed by atoms with Gasteiger partial charge in [0.25, 0.3) is 0 Å². The molecule has 0 bridgehead atoms. The molecule has 0 spiro atoms. The molecule has 0 aliphatic carbocycles. The van der Waals surface area contributed by atoms with Gasteiger partial charge in [0.15, 0.2) is 16.7 Å². The molecule has 17 heavy (non-hydrogen) atoms. The first-order valence-electron chi connectivity index (χ1n) is 5.28. The van der Waals surface area contributed by atoms with Crippen molar-refractivity contribution >= 4 is 17.4 Å². The van der Waals surface area contributed by atoms with E-state index in [0.29, 0.717) is 31.3 Å². The van der Waals surface area contributed by atoms with Crippen LogP contribution >= 0.6 is 11.6 Å². The van der Waals surface area contributed by atoms with Crippen LogP contribution in [0.4, 0.5) is 5.82 Å². The summed E-state index contributed by atoms with van der Waals surface area (Å²) in [7, 11) is 1.53. The second-order valence-corrected chi connectivity index (χ2v) is 4.00. The van der Waals surface area contributed by atoms with Gasteiger partial charge in [-0.2, -0.15) is 0 Å². The zero-order chi connectivity index (χ0) is 12.3. The van der Waals surface area contributed by atoms with Crippen molar-refractivity contribution in [2.45, 2.75) is 6.10 Å². The van der Waals surface area contributed by atoms with Gasteiger partial charge in [-0.05, 0) is 0 Å². The minimum Gasteiger partial charge on any atom is -0.490 e. The predicted octanol–water partition coefficient (Wildman–Crippen LogP) is 0.336. The SMILES string of the molecule is COc1c(Cl)ncnc1N1CCOC(CO)C1. The zero-order valence-electron chi connectivity index (χ0n) is 9.47. The van der Waals surface area contributed by atoms with Gasteiger partial charge in [-0.1, -0.05) is 11.6 Å². The highest BCUT2D eigenvalue weighted by atomic mass is 35.5. The highest BCUT2D eigenvalue weighted by molar-refractivity contribution is 6.31. The van der Waals surface area contributed by atoms with E-state index >= 15 is 0 Å². The first-order valence-corrected chi connectivity index (χ1v) is 5.66. The summed E-state index contributed by atoms with van der Waals surface area (Å²) in [5, 5.41) is 9.38. The summed E-state index contributed by atoms with van der Waals surface area (Å²) in [5.74, 6) is 1.09. The lowest BCUT2D eigenvalue weighted by Crippen LogP contribution is -2.44. The zero-order valence-corrected chi connectivity index (χ0v) is 10.2.